The molecule has 0 unspecified atom stereocenters. The lowest BCUT2D eigenvalue weighted by molar-refractivity contribution is 0.161. The van der Waals surface area contributed by atoms with Gasteiger partial charge in [0.05, 0.1) is 34.0 Å². The van der Waals surface area contributed by atoms with Crippen LogP contribution in [0.3, 0.4) is 0 Å². The molecule has 2 N–H and O–H groups in total. The molecule has 0 saturated carbocycles. The van der Waals surface area contributed by atoms with Crippen LogP contribution in [0, 0.1) is 0 Å². The maximum absolute atomic E-state index is 10.4. The number of ether oxygens (including phenoxy) is 3. The highest BCUT2D eigenvalue weighted by Crippen LogP contribution is 2.39. The second kappa shape index (κ2) is 9.05. The summed E-state index contributed by atoms with van der Waals surface area (Å²) in [6.45, 7) is 0.529. The van der Waals surface area contributed by atoms with Gasteiger partial charge < -0.3 is 24.6 Å². The maximum atomic E-state index is 10.4. The Morgan fingerprint density at radius 2 is 1.71 bits per heavy atom. The summed E-state index contributed by atoms with van der Waals surface area (Å²) in [5.41, 5.74) is 1.62. The molecule has 0 spiro atoms. The van der Waals surface area contributed by atoms with Gasteiger partial charge in [-0.05, 0) is 10.4 Å². The maximum Gasteiger partial charge on any atom is 0.203 e. The van der Waals surface area contributed by atoms with Crippen molar-refractivity contribution in [2.45, 2.75) is 12.6 Å². The predicted octanol–water partition coefficient (Wildman–Crippen LogP) is 1.84. The molecule has 28 heavy (non-hydrogen) atoms. The van der Waals surface area contributed by atoms with Crippen LogP contribution in [0.2, 0.25) is 0 Å². The lowest BCUT2D eigenvalue weighted by Gasteiger charge is -2.17. The van der Waals surface area contributed by atoms with Crippen molar-refractivity contribution in [3.8, 4) is 28.6 Å². The predicted molar refractivity (Wildman–Crippen MR) is 104 cm³/mol. The molecule has 0 radical (unpaired) electrons. The molecule has 0 aliphatic heterocycles. The number of nitrogens with zero attached hydrogens (tertiary/aromatic N) is 4. The molecular formula is C19H23N5O4. The average molecular weight is 385 g/mol. The van der Waals surface area contributed by atoms with Crippen molar-refractivity contribution in [3.63, 3.8) is 0 Å². The molecule has 1 aromatic heterocycles. The van der Waals surface area contributed by atoms with Gasteiger partial charge >= 0.3 is 0 Å². The van der Waals surface area contributed by atoms with Crippen LogP contribution < -0.4 is 19.5 Å². The van der Waals surface area contributed by atoms with Crippen molar-refractivity contribution in [2.24, 2.45) is 0 Å². The van der Waals surface area contributed by atoms with E-state index < -0.39 is 6.10 Å². The van der Waals surface area contributed by atoms with E-state index in [1.807, 2.05) is 30.3 Å². The van der Waals surface area contributed by atoms with Gasteiger partial charge in [-0.15, -0.1) is 5.10 Å². The Labute approximate surface area is 162 Å². The Morgan fingerprint density at radius 1 is 1.04 bits per heavy atom. The molecular weight excluding hydrogens is 362 g/mol. The van der Waals surface area contributed by atoms with E-state index in [9.17, 15) is 5.11 Å². The Kier molecular flexibility index (Phi) is 6.28. The quantitative estimate of drug-likeness (QED) is 0.575. The number of hydrogen-bond acceptors (Lipinski definition) is 8. The molecule has 3 aromatic rings. The van der Waals surface area contributed by atoms with Crippen molar-refractivity contribution in [1.82, 2.24) is 20.2 Å². The van der Waals surface area contributed by atoms with Gasteiger partial charge in [0.25, 0.3) is 0 Å². The van der Waals surface area contributed by atoms with Crippen LogP contribution in [0.5, 0.6) is 17.2 Å². The number of hydrogen-bond donors (Lipinski definition) is 2. The second-order valence-electron chi connectivity index (χ2n) is 6.00. The normalized spacial score (nSPS) is 11.7. The van der Waals surface area contributed by atoms with Crippen LogP contribution in [0.25, 0.3) is 11.4 Å². The zero-order valence-electron chi connectivity index (χ0n) is 16.0. The Morgan fingerprint density at radius 3 is 2.32 bits per heavy atom. The van der Waals surface area contributed by atoms with E-state index in [2.05, 4.69) is 20.8 Å². The summed E-state index contributed by atoms with van der Waals surface area (Å²) in [5, 5.41) is 25.4. The van der Waals surface area contributed by atoms with Crippen molar-refractivity contribution in [2.75, 3.05) is 33.2 Å². The fourth-order valence-corrected chi connectivity index (χ4v) is 2.80. The third-order valence-electron chi connectivity index (χ3n) is 4.15. The molecule has 2 aromatic carbocycles. The van der Waals surface area contributed by atoms with Crippen LogP contribution >= 0.6 is 0 Å². The highest BCUT2D eigenvalue weighted by molar-refractivity contribution is 5.62. The van der Waals surface area contributed by atoms with Crippen LogP contribution in [0.1, 0.15) is 0 Å². The number of methoxy groups -OCH3 is 3. The molecule has 1 atom stereocenters. The Bertz CT molecular complexity index is 875. The highest BCUT2D eigenvalue weighted by atomic mass is 16.5. The van der Waals surface area contributed by atoms with Gasteiger partial charge in [-0.25, -0.2) is 4.68 Å². The minimum Gasteiger partial charge on any atom is -0.493 e. The molecule has 0 aliphatic rings. The molecule has 9 heteroatoms. The first-order chi connectivity index (χ1) is 13.7. The van der Waals surface area contributed by atoms with Crippen LogP contribution in [-0.4, -0.2) is 59.3 Å². The van der Waals surface area contributed by atoms with E-state index in [0.717, 1.165) is 11.3 Å². The standard InChI is InChI=1S/C19H23N5O4/c1-26-16-9-14(10-17(27-2)18(16)28-3)20-11-15(25)12-24-19(21-22-23-24)13-7-5-4-6-8-13/h4-10,15,20,25H,11-12H2,1-3H3/t15-/m1/s1. The number of rotatable bonds is 9. The van der Waals surface area contributed by atoms with E-state index >= 15 is 0 Å². The fraction of sp³-hybridized carbons (Fsp3) is 0.316. The number of anilines is 1. The number of aromatic nitrogens is 4. The topological polar surface area (TPSA) is 104 Å². The molecule has 1 heterocycles. The van der Waals surface area contributed by atoms with Crippen molar-refractivity contribution >= 4 is 5.69 Å². The van der Waals surface area contributed by atoms with Gasteiger partial charge in [-0.3, -0.25) is 0 Å². The lowest BCUT2D eigenvalue weighted by atomic mass is 10.2. The zero-order chi connectivity index (χ0) is 19.9. The molecule has 0 aliphatic carbocycles. The third-order valence-corrected chi connectivity index (χ3v) is 4.15. The van der Waals surface area contributed by atoms with Gasteiger partial charge in [-0.2, -0.15) is 0 Å². The van der Waals surface area contributed by atoms with E-state index in [0.29, 0.717) is 23.1 Å². The van der Waals surface area contributed by atoms with Gasteiger partial charge in [-0.1, -0.05) is 30.3 Å². The number of aliphatic hydroxyl groups is 1. The fourth-order valence-electron chi connectivity index (χ4n) is 2.80. The lowest BCUT2D eigenvalue weighted by Crippen LogP contribution is -2.26. The van der Waals surface area contributed by atoms with Crippen LogP contribution in [0.4, 0.5) is 5.69 Å². The van der Waals surface area contributed by atoms with E-state index in [1.54, 1.807) is 38.1 Å². The van der Waals surface area contributed by atoms with E-state index in [-0.39, 0.29) is 13.1 Å². The summed E-state index contributed by atoms with van der Waals surface area (Å²) in [6.07, 6.45) is -0.718. The van der Waals surface area contributed by atoms with Crippen LogP contribution in [0.15, 0.2) is 42.5 Å². The monoisotopic (exact) mass is 385 g/mol. The third kappa shape index (κ3) is 4.32. The first-order valence-corrected chi connectivity index (χ1v) is 8.69. The highest BCUT2D eigenvalue weighted by Gasteiger charge is 2.15. The molecule has 3 rings (SSSR count). The van der Waals surface area contributed by atoms with Gasteiger partial charge in [0.1, 0.15) is 0 Å². The smallest absolute Gasteiger partial charge is 0.203 e. The minimum absolute atomic E-state index is 0.245. The van der Waals surface area contributed by atoms with E-state index in [1.165, 1.54) is 0 Å². The second-order valence-corrected chi connectivity index (χ2v) is 6.00. The van der Waals surface area contributed by atoms with E-state index in [4.69, 9.17) is 14.2 Å². The molecule has 9 nitrogen and oxygen atoms in total. The SMILES string of the molecule is COc1cc(NC[C@@H](O)Cn2nnnc2-c2ccccc2)cc(OC)c1OC. The number of benzene rings is 2. The zero-order valence-corrected chi connectivity index (χ0v) is 16.0. The summed E-state index contributed by atoms with van der Waals surface area (Å²) < 4.78 is 17.6. The van der Waals surface area contributed by atoms with Crippen molar-refractivity contribution < 1.29 is 19.3 Å². The summed E-state index contributed by atoms with van der Waals surface area (Å²) in [6, 6.07) is 13.1. The Hall–Kier alpha value is -3.33. The number of aliphatic hydroxyl groups excluding tert-OH is 1. The molecule has 148 valence electrons. The first kappa shape index (κ1) is 19.4. The van der Waals surface area contributed by atoms with Crippen LogP contribution in [-0.2, 0) is 6.54 Å². The molecule has 0 saturated heterocycles. The first-order valence-electron chi connectivity index (χ1n) is 8.69. The summed E-state index contributed by atoms with van der Waals surface area (Å²) in [4.78, 5) is 0. The molecule has 0 bridgehead atoms. The Balaban J connectivity index is 1.67. The van der Waals surface area contributed by atoms with Gasteiger partial charge in [0.15, 0.2) is 17.3 Å². The van der Waals surface area contributed by atoms with Crippen molar-refractivity contribution in [3.05, 3.63) is 42.5 Å². The van der Waals surface area contributed by atoms with Gasteiger partial charge in [0.2, 0.25) is 5.75 Å². The summed E-state index contributed by atoms with van der Waals surface area (Å²) >= 11 is 0. The summed E-state index contributed by atoms with van der Waals surface area (Å²) in [7, 11) is 4.66. The number of nitrogens with one attached hydrogen (secondary N) is 1. The minimum atomic E-state index is -0.718. The number of tetrazole rings is 1. The molecule has 0 fully saturated rings. The average Bonchev–Trinajstić information content (AvgIpc) is 3.19. The van der Waals surface area contributed by atoms with Gasteiger partial charge in [0, 0.05) is 29.9 Å². The molecule has 0 amide bonds. The summed E-state index contributed by atoms with van der Waals surface area (Å²) in [5.74, 6) is 2.18. The van der Waals surface area contributed by atoms with Crippen molar-refractivity contribution in [1.29, 1.82) is 0 Å². The largest absolute Gasteiger partial charge is 0.493 e.